The summed E-state index contributed by atoms with van der Waals surface area (Å²) in [6.07, 6.45) is 48.5. The lowest BCUT2D eigenvalue weighted by Crippen LogP contribution is -2.61. The van der Waals surface area contributed by atoms with E-state index in [9.17, 15) is 40.5 Å². The SMILES string of the molecule is CCCCC/C=C\C/C=C\C/C=C\CCCCCCCCCOCC(COC1OC(COC2OC(CO)C(O)C(O)C2O)C(O)C(O)C1O)OC(=O)CCCCCCCCCCCCCCC/C=C\C/C=C\CCCCCCC. The molecule has 0 spiro atoms. The quantitative estimate of drug-likeness (QED) is 0.0172. The topological polar surface area (TPSA) is 214 Å². The molecular weight excluding hydrogens is 1000 g/mol. The molecule has 2 heterocycles. The maximum Gasteiger partial charge on any atom is 0.306 e. The lowest BCUT2D eigenvalue weighted by atomic mass is 9.98. The number of esters is 1. The molecule has 0 aliphatic carbocycles. The molecule has 14 heteroatoms. The maximum absolute atomic E-state index is 13.1. The van der Waals surface area contributed by atoms with Gasteiger partial charge in [-0.05, 0) is 83.5 Å². The summed E-state index contributed by atoms with van der Waals surface area (Å²) >= 11 is 0. The van der Waals surface area contributed by atoms with Crippen molar-refractivity contribution in [2.45, 2.75) is 313 Å². The molecule has 0 amide bonds. The zero-order chi connectivity index (χ0) is 57.2. The summed E-state index contributed by atoms with van der Waals surface area (Å²) in [7, 11) is 0. The first kappa shape index (κ1) is 72.8. The van der Waals surface area contributed by atoms with Gasteiger partial charge in [0.2, 0.25) is 0 Å². The fourth-order valence-electron chi connectivity index (χ4n) is 9.85. The smallest absolute Gasteiger partial charge is 0.306 e. The van der Waals surface area contributed by atoms with Gasteiger partial charge in [0.15, 0.2) is 12.6 Å². The Morgan fingerprint density at radius 2 is 0.785 bits per heavy atom. The van der Waals surface area contributed by atoms with Gasteiger partial charge in [-0.2, -0.15) is 0 Å². The number of hydrogen-bond donors (Lipinski definition) is 7. The van der Waals surface area contributed by atoms with Crippen molar-refractivity contribution in [1.82, 2.24) is 0 Å². The second kappa shape index (κ2) is 51.3. The summed E-state index contributed by atoms with van der Waals surface area (Å²) < 4.78 is 34.5. The Bertz CT molecular complexity index is 1540. The van der Waals surface area contributed by atoms with Crippen molar-refractivity contribution in [3.8, 4) is 0 Å². The van der Waals surface area contributed by atoms with Gasteiger partial charge in [0.25, 0.3) is 0 Å². The summed E-state index contributed by atoms with van der Waals surface area (Å²) in [6, 6.07) is 0. The number of aliphatic hydroxyl groups excluding tert-OH is 7. The number of allylic oxidation sites excluding steroid dienone is 10. The van der Waals surface area contributed by atoms with Crippen molar-refractivity contribution in [3.05, 3.63) is 60.8 Å². The lowest BCUT2D eigenvalue weighted by Gasteiger charge is -2.42. The van der Waals surface area contributed by atoms with Gasteiger partial charge in [-0.15, -0.1) is 0 Å². The second-order valence-corrected chi connectivity index (χ2v) is 22.2. The van der Waals surface area contributed by atoms with Crippen LogP contribution in [0.2, 0.25) is 0 Å². The highest BCUT2D eigenvalue weighted by Crippen LogP contribution is 2.27. The molecule has 2 aliphatic rings. The summed E-state index contributed by atoms with van der Waals surface area (Å²) in [5, 5.41) is 72.5. The molecular formula is C65H116O14. The number of carbonyl (C=O) groups is 1. The Kier molecular flexibility index (Phi) is 47.3. The van der Waals surface area contributed by atoms with E-state index in [1.165, 1.54) is 154 Å². The third-order valence-electron chi connectivity index (χ3n) is 15.0. The van der Waals surface area contributed by atoms with Crippen LogP contribution in [-0.2, 0) is 33.2 Å². The van der Waals surface area contributed by atoms with E-state index < -0.39 is 80.7 Å². The number of unbranched alkanes of at least 4 members (excludes halogenated alkanes) is 28. The highest BCUT2D eigenvalue weighted by atomic mass is 16.7. The van der Waals surface area contributed by atoms with Crippen LogP contribution in [0.3, 0.4) is 0 Å². The van der Waals surface area contributed by atoms with Crippen LogP contribution in [0.15, 0.2) is 60.8 Å². The van der Waals surface area contributed by atoms with E-state index in [0.717, 1.165) is 64.2 Å². The van der Waals surface area contributed by atoms with Crippen LogP contribution in [0.1, 0.15) is 245 Å². The van der Waals surface area contributed by atoms with E-state index in [1.807, 2.05) is 0 Å². The van der Waals surface area contributed by atoms with Crippen molar-refractivity contribution in [2.24, 2.45) is 0 Å². The molecule has 2 aliphatic heterocycles. The molecule has 2 saturated heterocycles. The summed E-state index contributed by atoms with van der Waals surface area (Å²) in [5.74, 6) is -0.379. The molecule has 0 radical (unpaired) electrons. The molecule has 0 bridgehead atoms. The van der Waals surface area contributed by atoms with Gasteiger partial charge in [0, 0.05) is 13.0 Å². The number of rotatable bonds is 52. The Morgan fingerprint density at radius 1 is 0.418 bits per heavy atom. The fraction of sp³-hybridized carbons (Fsp3) is 0.831. The van der Waals surface area contributed by atoms with Crippen LogP contribution in [0.25, 0.3) is 0 Å². The predicted octanol–water partition coefficient (Wildman–Crippen LogP) is 12.4. The number of carbonyl (C=O) groups excluding carboxylic acids is 1. The largest absolute Gasteiger partial charge is 0.457 e. The Hall–Kier alpha value is -2.31. The van der Waals surface area contributed by atoms with Crippen molar-refractivity contribution in [3.63, 3.8) is 0 Å². The standard InChI is InChI=1S/C65H116O14/c1-3-5-7-9-11-13-15-17-19-21-23-25-26-27-28-29-30-32-34-36-38-40-42-44-46-48-57(67)77-54(51-74-49-47-45-43-41-39-37-35-33-31-24-22-20-18-16-14-12-10-8-6-4-2)52-75-64-63(73)61(71)59(69)56(79-64)53-76-65-62(72)60(70)58(68)55(50-66)78-65/h12,14-15,17-18,20-21,23-24,31,54-56,58-66,68-73H,3-11,13,16,19,22,25-30,32-53H2,1-2H3/b14-12-,17-15-,20-18-,23-21-,31-24-. The molecule has 0 aromatic heterocycles. The van der Waals surface area contributed by atoms with Crippen LogP contribution >= 0.6 is 0 Å². The highest BCUT2D eigenvalue weighted by molar-refractivity contribution is 5.69. The average molecular weight is 1120 g/mol. The van der Waals surface area contributed by atoms with E-state index >= 15 is 0 Å². The first-order valence-corrected chi connectivity index (χ1v) is 31.9. The van der Waals surface area contributed by atoms with E-state index in [2.05, 4.69) is 74.6 Å². The van der Waals surface area contributed by atoms with E-state index in [4.69, 9.17) is 28.4 Å². The van der Waals surface area contributed by atoms with E-state index in [0.29, 0.717) is 13.0 Å². The molecule has 14 nitrogen and oxygen atoms in total. The van der Waals surface area contributed by atoms with Crippen LogP contribution in [0, 0.1) is 0 Å². The predicted molar refractivity (Wildman–Crippen MR) is 316 cm³/mol. The van der Waals surface area contributed by atoms with Gasteiger partial charge < -0.3 is 64.2 Å². The van der Waals surface area contributed by atoms with Gasteiger partial charge in [-0.25, -0.2) is 0 Å². The third-order valence-corrected chi connectivity index (χ3v) is 15.0. The minimum absolute atomic E-state index is 0.0537. The average Bonchev–Trinajstić information content (AvgIpc) is 3.46. The molecule has 11 atom stereocenters. The third kappa shape index (κ3) is 37.5. The Labute approximate surface area is 479 Å². The molecule has 11 unspecified atom stereocenters. The molecule has 2 fully saturated rings. The number of ether oxygens (including phenoxy) is 6. The molecule has 0 saturated carbocycles. The minimum Gasteiger partial charge on any atom is -0.457 e. The first-order chi connectivity index (χ1) is 38.6. The lowest BCUT2D eigenvalue weighted by molar-refractivity contribution is -0.332. The van der Waals surface area contributed by atoms with Crippen molar-refractivity contribution in [2.75, 3.05) is 33.0 Å². The zero-order valence-electron chi connectivity index (χ0n) is 49.6. The maximum atomic E-state index is 13.1. The van der Waals surface area contributed by atoms with Gasteiger partial charge >= 0.3 is 5.97 Å². The van der Waals surface area contributed by atoms with Crippen molar-refractivity contribution < 1.29 is 69.0 Å². The molecule has 7 N–H and O–H groups in total. The summed E-state index contributed by atoms with van der Waals surface area (Å²) in [4.78, 5) is 13.1. The molecule has 79 heavy (non-hydrogen) atoms. The monoisotopic (exact) mass is 1120 g/mol. The van der Waals surface area contributed by atoms with Crippen molar-refractivity contribution >= 4 is 5.97 Å². The highest BCUT2D eigenvalue weighted by Gasteiger charge is 2.47. The van der Waals surface area contributed by atoms with Gasteiger partial charge in [0.05, 0.1) is 26.4 Å². The summed E-state index contributed by atoms with van der Waals surface area (Å²) in [5.41, 5.74) is 0. The minimum atomic E-state index is -1.71. The van der Waals surface area contributed by atoms with E-state index in [-0.39, 0.29) is 25.6 Å². The number of aliphatic hydroxyl groups is 7. The van der Waals surface area contributed by atoms with Crippen LogP contribution in [-0.4, -0.2) is 142 Å². The second-order valence-electron chi connectivity index (χ2n) is 22.2. The zero-order valence-corrected chi connectivity index (χ0v) is 49.6. The Morgan fingerprint density at radius 3 is 1.25 bits per heavy atom. The van der Waals surface area contributed by atoms with Crippen molar-refractivity contribution in [1.29, 1.82) is 0 Å². The van der Waals surface area contributed by atoms with Gasteiger partial charge in [-0.3, -0.25) is 4.79 Å². The van der Waals surface area contributed by atoms with Crippen LogP contribution in [0.5, 0.6) is 0 Å². The molecule has 460 valence electrons. The number of hydrogen-bond acceptors (Lipinski definition) is 14. The van der Waals surface area contributed by atoms with E-state index in [1.54, 1.807) is 0 Å². The summed E-state index contributed by atoms with van der Waals surface area (Å²) in [6.45, 7) is 3.66. The molecule has 0 aromatic rings. The molecule has 2 rings (SSSR count). The Balaban J connectivity index is 1.68. The normalized spacial score (nSPS) is 24.4. The van der Waals surface area contributed by atoms with Gasteiger partial charge in [-0.1, -0.05) is 216 Å². The van der Waals surface area contributed by atoms with Gasteiger partial charge in [0.1, 0.15) is 54.9 Å². The van der Waals surface area contributed by atoms with Crippen LogP contribution in [0.4, 0.5) is 0 Å². The molecule has 0 aromatic carbocycles. The first-order valence-electron chi connectivity index (χ1n) is 31.9. The fourth-order valence-corrected chi connectivity index (χ4v) is 9.85. The van der Waals surface area contributed by atoms with Crippen LogP contribution < -0.4 is 0 Å².